The molecule has 1 N–H and O–H groups in total. The van der Waals surface area contributed by atoms with Crippen LogP contribution in [0.2, 0.25) is 0 Å². The Balaban J connectivity index is 3.04. The van der Waals surface area contributed by atoms with Gasteiger partial charge in [-0.15, -0.1) is 11.8 Å². The fourth-order valence-corrected chi connectivity index (χ4v) is 3.44. The molecule has 0 spiro atoms. The highest BCUT2D eigenvalue weighted by Crippen LogP contribution is 2.34. The van der Waals surface area contributed by atoms with Gasteiger partial charge in [0, 0.05) is 23.4 Å². The molecule has 0 bridgehead atoms. The third-order valence-electron chi connectivity index (χ3n) is 3.52. The third kappa shape index (κ3) is 5.58. The van der Waals surface area contributed by atoms with Crippen LogP contribution in [0.5, 0.6) is 0 Å². The van der Waals surface area contributed by atoms with Crippen molar-refractivity contribution in [3.8, 4) is 0 Å². The van der Waals surface area contributed by atoms with Gasteiger partial charge in [-0.25, -0.2) is 4.79 Å². The smallest absolute Gasteiger partial charge is 0.412 e. The molecule has 1 atom stereocenters. The van der Waals surface area contributed by atoms with Gasteiger partial charge in [-0.1, -0.05) is 6.08 Å². The predicted molar refractivity (Wildman–Crippen MR) is 99.7 cm³/mol. The average Bonchev–Trinajstić information content (AvgIpc) is 2.40. The van der Waals surface area contributed by atoms with E-state index >= 15 is 0 Å². The second-order valence-corrected chi connectivity index (χ2v) is 8.56. The summed E-state index contributed by atoms with van der Waals surface area (Å²) in [6.07, 6.45) is 1.47. The molecule has 0 aliphatic carbocycles. The molecule has 1 aliphatic heterocycles. The fourth-order valence-electron chi connectivity index (χ4n) is 2.44. The molecule has 24 heavy (non-hydrogen) atoms. The zero-order valence-electron chi connectivity index (χ0n) is 16.0. The van der Waals surface area contributed by atoms with E-state index in [1.165, 1.54) is 11.8 Å². The van der Waals surface area contributed by atoms with Crippen molar-refractivity contribution in [1.29, 1.82) is 0 Å². The highest BCUT2D eigenvalue weighted by atomic mass is 32.2. The number of hydrogen-bond acceptors (Lipinski definition) is 4. The Morgan fingerprint density at radius 3 is 2.42 bits per heavy atom. The second kappa shape index (κ2) is 8.10. The maximum atomic E-state index is 12.9. The standard InChI is InChI=1S/C18H30N2O3S/c1-9-20(11(2)3)16(21)14-10-12(4)24-15(13(14)5)19-17(22)23-18(6,7)8/h10-12H,9H2,1-8H3,(H,19,22). The van der Waals surface area contributed by atoms with E-state index in [4.69, 9.17) is 4.74 Å². The number of ether oxygens (including phenoxy) is 1. The number of rotatable bonds is 4. The number of hydrogen-bond donors (Lipinski definition) is 1. The number of likely N-dealkylation sites (N-methyl/N-ethyl adjacent to an activating group) is 1. The first-order chi connectivity index (χ1) is 11.0. The van der Waals surface area contributed by atoms with Crippen LogP contribution in [0.1, 0.15) is 55.4 Å². The van der Waals surface area contributed by atoms with Gasteiger partial charge in [-0.3, -0.25) is 10.1 Å². The lowest BCUT2D eigenvalue weighted by molar-refractivity contribution is -0.128. The Bertz CT molecular complexity index is 559. The van der Waals surface area contributed by atoms with Gasteiger partial charge in [0.25, 0.3) is 5.91 Å². The minimum absolute atomic E-state index is 0.000591. The van der Waals surface area contributed by atoms with Gasteiger partial charge in [0.05, 0.1) is 5.03 Å². The highest BCUT2D eigenvalue weighted by molar-refractivity contribution is 8.03. The summed E-state index contributed by atoms with van der Waals surface area (Å²) in [5, 5.41) is 3.58. The lowest BCUT2D eigenvalue weighted by Gasteiger charge is -2.30. The van der Waals surface area contributed by atoms with Crippen LogP contribution >= 0.6 is 11.8 Å². The van der Waals surface area contributed by atoms with Gasteiger partial charge >= 0.3 is 6.09 Å². The molecule has 0 aromatic carbocycles. The molecule has 0 saturated carbocycles. The van der Waals surface area contributed by atoms with E-state index in [1.54, 1.807) is 0 Å². The number of thioether (sulfide) groups is 1. The SMILES string of the molecule is CCN(C(=O)C1=CC(C)SC(NC(=O)OC(C)(C)C)=C1C)C(C)C. The van der Waals surface area contributed by atoms with Crippen LogP contribution in [0.25, 0.3) is 0 Å². The van der Waals surface area contributed by atoms with Crippen molar-refractivity contribution >= 4 is 23.8 Å². The van der Waals surface area contributed by atoms with Crippen LogP contribution in [-0.2, 0) is 9.53 Å². The van der Waals surface area contributed by atoms with Gasteiger partial charge in [-0.2, -0.15) is 0 Å². The van der Waals surface area contributed by atoms with Crippen molar-refractivity contribution in [1.82, 2.24) is 10.2 Å². The van der Waals surface area contributed by atoms with Crippen LogP contribution in [0.3, 0.4) is 0 Å². The van der Waals surface area contributed by atoms with Crippen LogP contribution in [0.4, 0.5) is 4.79 Å². The first kappa shape index (κ1) is 20.6. The summed E-state index contributed by atoms with van der Waals surface area (Å²) in [5.74, 6) is 0.000591. The summed E-state index contributed by atoms with van der Waals surface area (Å²) < 4.78 is 5.31. The van der Waals surface area contributed by atoms with E-state index < -0.39 is 11.7 Å². The van der Waals surface area contributed by atoms with Crippen LogP contribution in [-0.4, -0.2) is 40.3 Å². The lowest BCUT2D eigenvalue weighted by atomic mass is 10.0. The molecular weight excluding hydrogens is 324 g/mol. The van der Waals surface area contributed by atoms with Gasteiger partial charge < -0.3 is 9.64 Å². The van der Waals surface area contributed by atoms with Gasteiger partial charge in [0.15, 0.2) is 0 Å². The van der Waals surface area contributed by atoms with Crippen molar-refractivity contribution in [3.63, 3.8) is 0 Å². The van der Waals surface area contributed by atoms with Crippen LogP contribution in [0.15, 0.2) is 22.3 Å². The molecule has 6 heteroatoms. The molecule has 136 valence electrons. The molecule has 2 amide bonds. The Labute approximate surface area is 149 Å². The number of amides is 2. The molecule has 1 rings (SSSR count). The summed E-state index contributed by atoms with van der Waals surface area (Å²) in [5.41, 5.74) is 0.880. The van der Waals surface area contributed by atoms with Crippen molar-refractivity contribution in [2.45, 2.75) is 72.3 Å². The molecule has 1 unspecified atom stereocenters. The number of carbonyl (C=O) groups is 2. The van der Waals surface area contributed by atoms with E-state index in [-0.39, 0.29) is 17.2 Å². The molecule has 0 fully saturated rings. The topological polar surface area (TPSA) is 58.6 Å². The summed E-state index contributed by atoms with van der Waals surface area (Å²) in [6, 6.07) is 0.128. The molecular formula is C18H30N2O3S. The van der Waals surface area contributed by atoms with E-state index in [0.29, 0.717) is 17.1 Å². The zero-order valence-corrected chi connectivity index (χ0v) is 16.8. The van der Waals surface area contributed by atoms with Crippen LogP contribution < -0.4 is 5.32 Å². The van der Waals surface area contributed by atoms with Crippen molar-refractivity contribution in [3.05, 3.63) is 22.3 Å². The summed E-state index contributed by atoms with van der Waals surface area (Å²) in [6.45, 7) is 16.0. The largest absolute Gasteiger partial charge is 0.444 e. The monoisotopic (exact) mass is 354 g/mol. The van der Waals surface area contributed by atoms with Crippen LogP contribution in [0, 0.1) is 0 Å². The Kier molecular flexibility index (Phi) is 6.96. The summed E-state index contributed by atoms with van der Waals surface area (Å²) in [4.78, 5) is 26.7. The van der Waals surface area contributed by atoms with Gasteiger partial charge in [0.1, 0.15) is 5.60 Å². The van der Waals surface area contributed by atoms with Gasteiger partial charge in [0.2, 0.25) is 0 Å². The van der Waals surface area contributed by atoms with E-state index in [9.17, 15) is 9.59 Å². The normalized spacial score (nSPS) is 18.4. The molecule has 5 nitrogen and oxygen atoms in total. The molecule has 0 aromatic heterocycles. The fraction of sp³-hybridized carbons (Fsp3) is 0.667. The molecule has 0 radical (unpaired) electrons. The molecule has 1 aliphatic rings. The summed E-state index contributed by atoms with van der Waals surface area (Å²) >= 11 is 1.52. The first-order valence-corrected chi connectivity index (χ1v) is 9.25. The van der Waals surface area contributed by atoms with Crippen molar-refractivity contribution < 1.29 is 14.3 Å². The third-order valence-corrected chi connectivity index (χ3v) is 4.67. The van der Waals surface area contributed by atoms with E-state index in [0.717, 1.165) is 5.57 Å². The highest BCUT2D eigenvalue weighted by Gasteiger charge is 2.28. The van der Waals surface area contributed by atoms with Crippen molar-refractivity contribution in [2.75, 3.05) is 6.54 Å². The molecule has 1 heterocycles. The Morgan fingerprint density at radius 2 is 1.96 bits per heavy atom. The maximum Gasteiger partial charge on any atom is 0.412 e. The number of carbonyl (C=O) groups excluding carboxylic acids is 2. The Hall–Kier alpha value is -1.43. The molecule has 0 saturated heterocycles. The predicted octanol–water partition coefficient (Wildman–Crippen LogP) is 4.06. The minimum Gasteiger partial charge on any atom is -0.444 e. The number of nitrogens with one attached hydrogen (secondary N) is 1. The first-order valence-electron chi connectivity index (χ1n) is 8.37. The van der Waals surface area contributed by atoms with Gasteiger partial charge in [-0.05, 0) is 61.0 Å². The maximum absolute atomic E-state index is 12.9. The Morgan fingerprint density at radius 1 is 1.38 bits per heavy atom. The minimum atomic E-state index is -0.561. The number of alkyl carbamates (subject to hydrolysis) is 1. The quantitative estimate of drug-likeness (QED) is 0.827. The van der Waals surface area contributed by atoms with Crippen molar-refractivity contribution in [2.24, 2.45) is 0 Å². The second-order valence-electron chi connectivity index (χ2n) is 7.17. The summed E-state index contributed by atoms with van der Waals surface area (Å²) in [7, 11) is 0. The zero-order chi connectivity index (χ0) is 18.7. The van der Waals surface area contributed by atoms with E-state index in [1.807, 2.05) is 66.4 Å². The lowest BCUT2D eigenvalue weighted by Crippen LogP contribution is -2.39. The van der Waals surface area contributed by atoms with E-state index in [2.05, 4.69) is 5.32 Å². The number of nitrogens with zero attached hydrogens (tertiary/aromatic N) is 1. The molecule has 0 aromatic rings. The average molecular weight is 355 g/mol.